The van der Waals surface area contributed by atoms with Crippen molar-refractivity contribution in [2.75, 3.05) is 11.9 Å². The molecule has 21 heavy (non-hydrogen) atoms. The Morgan fingerprint density at radius 3 is 2.95 bits per heavy atom. The zero-order valence-corrected chi connectivity index (χ0v) is 11.9. The normalized spacial score (nSPS) is 12.6. The van der Waals surface area contributed by atoms with Crippen molar-refractivity contribution in [1.82, 2.24) is 0 Å². The Morgan fingerprint density at radius 1 is 1.29 bits per heavy atom. The van der Waals surface area contributed by atoms with E-state index in [1.165, 1.54) is 23.8 Å². The van der Waals surface area contributed by atoms with E-state index in [0.29, 0.717) is 17.3 Å². The fourth-order valence-electron chi connectivity index (χ4n) is 2.31. The largest absolute Gasteiger partial charge is 0.493 e. The van der Waals surface area contributed by atoms with Crippen molar-refractivity contribution in [2.24, 2.45) is 0 Å². The van der Waals surface area contributed by atoms with E-state index >= 15 is 0 Å². The number of rotatable bonds is 4. The van der Waals surface area contributed by atoms with Gasteiger partial charge in [-0.25, -0.2) is 0 Å². The van der Waals surface area contributed by atoms with Gasteiger partial charge in [-0.15, -0.1) is 0 Å². The van der Waals surface area contributed by atoms with Gasteiger partial charge in [-0.2, -0.15) is 0 Å². The molecule has 0 fully saturated rings. The van der Waals surface area contributed by atoms with Crippen LogP contribution in [0.1, 0.15) is 11.1 Å². The molecule has 108 valence electrons. The molecule has 0 saturated heterocycles. The Balaban J connectivity index is 1.75. The average molecular weight is 305 g/mol. The summed E-state index contributed by atoms with van der Waals surface area (Å²) in [6.45, 7) is 1.27. The maximum Gasteiger partial charge on any atom is 0.271 e. The molecule has 0 saturated carbocycles. The third-order valence-corrected chi connectivity index (χ3v) is 3.73. The highest BCUT2D eigenvalue weighted by molar-refractivity contribution is 6.33. The first-order valence-corrected chi connectivity index (χ1v) is 6.94. The molecule has 1 heterocycles. The van der Waals surface area contributed by atoms with Crippen molar-refractivity contribution in [3.05, 3.63) is 62.7 Å². The van der Waals surface area contributed by atoms with E-state index in [9.17, 15) is 10.1 Å². The SMILES string of the molecule is O=[N+]([O-])c1ccc(Cl)c(NCc2ccc3c(c2)CCO3)c1. The van der Waals surface area contributed by atoms with Gasteiger partial charge in [-0.05, 0) is 23.3 Å². The molecule has 2 aromatic rings. The number of halogens is 1. The fraction of sp³-hybridized carbons (Fsp3) is 0.200. The van der Waals surface area contributed by atoms with Crippen molar-refractivity contribution in [3.8, 4) is 5.75 Å². The third-order valence-electron chi connectivity index (χ3n) is 3.40. The van der Waals surface area contributed by atoms with Crippen LogP contribution < -0.4 is 10.1 Å². The summed E-state index contributed by atoms with van der Waals surface area (Å²) in [6.07, 6.45) is 0.917. The summed E-state index contributed by atoms with van der Waals surface area (Å²) in [5.41, 5.74) is 2.85. The third kappa shape index (κ3) is 2.92. The maximum absolute atomic E-state index is 10.8. The van der Waals surface area contributed by atoms with E-state index in [1.807, 2.05) is 12.1 Å². The number of fused-ring (bicyclic) bond motifs is 1. The van der Waals surface area contributed by atoms with Crippen LogP contribution in [0, 0.1) is 10.1 Å². The molecule has 1 aliphatic heterocycles. The van der Waals surface area contributed by atoms with Gasteiger partial charge in [0.15, 0.2) is 0 Å². The highest BCUT2D eigenvalue weighted by Crippen LogP contribution is 2.29. The van der Waals surface area contributed by atoms with Crippen LogP contribution in [0.3, 0.4) is 0 Å². The predicted molar refractivity (Wildman–Crippen MR) is 81.1 cm³/mol. The molecule has 0 spiro atoms. The molecule has 3 rings (SSSR count). The molecule has 0 aliphatic carbocycles. The number of nitro benzene ring substituents is 1. The topological polar surface area (TPSA) is 64.4 Å². The zero-order valence-electron chi connectivity index (χ0n) is 11.1. The van der Waals surface area contributed by atoms with Gasteiger partial charge < -0.3 is 10.1 Å². The van der Waals surface area contributed by atoms with E-state index < -0.39 is 4.92 Å². The van der Waals surface area contributed by atoms with Crippen molar-refractivity contribution in [2.45, 2.75) is 13.0 Å². The number of ether oxygens (including phenoxy) is 1. The second-order valence-corrected chi connectivity index (χ2v) is 5.22. The number of hydrogen-bond donors (Lipinski definition) is 1. The zero-order chi connectivity index (χ0) is 14.8. The van der Waals surface area contributed by atoms with Crippen molar-refractivity contribution >= 4 is 23.0 Å². The number of nitrogens with one attached hydrogen (secondary N) is 1. The van der Waals surface area contributed by atoms with Gasteiger partial charge in [0.1, 0.15) is 5.75 Å². The molecular formula is C15H13ClN2O3. The van der Waals surface area contributed by atoms with Crippen LogP contribution in [0.2, 0.25) is 5.02 Å². The molecule has 5 nitrogen and oxygen atoms in total. The van der Waals surface area contributed by atoms with Gasteiger partial charge in [0.2, 0.25) is 0 Å². The summed E-state index contributed by atoms with van der Waals surface area (Å²) in [4.78, 5) is 10.4. The van der Waals surface area contributed by atoms with Crippen molar-refractivity contribution in [3.63, 3.8) is 0 Å². The standard InChI is InChI=1S/C15H13ClN2O3/c16-13-3-2-12(18(19)20)8-14(13)17-9-10-1-4-15-11(7-10)5-6-21-15/h1-4,7-8,17H,5-6,9H2. The molecule has 0 unspecified atom stereocenters. The molecule has 1 N–H and O–H groups in total. The lowest BCUT2D eigenvalue weighted by Crippen LogP contribution is -2.01. The summed E-state index contributed by atoms with van der Waals surface area (Å²) in [6, 6.07) is 10.4. The molecule has 0 amide bonds. The van der Waals surface area contributed by atoms with Crippen LogP contribution in [-0.2, 0) is 13.0 Å². The van der Waals surface area contributed by atoms with E-state index in [0.717, 1.165) is 24.3 Å². The highest BCUT2D eigenvalue weighted by atomic mass is 35.5. The van der Waals surface area contributed by atoms with E-state index in [1.54, 1.807) is 0 Å². The predicted octanol–water partition coefficient (Wildman–Crippen LogP) is 3.80. The Labute approximate surface area is 126 Å². The molecule has 0 radical (unpaired) electrons. The monoisotopic (exact) mass is 304 g/mol. The molecule has 0 bridgehead atoms. The minimum Gasteiger partial charge on any atom is -0.493 e. The summed E-state index contributed by atoms with van der Waals surface area (Å²) < 4.78 is 5.46. The van der Waals surface area contributed by atoms with E-state index in [4.69, 9.17) is 16.3 Å². The number of anilines is 1. The maximum atomic E-state index is 10.8. The first-order valence-electron chi connectivity index (χ1n) is 6.56. The van der Waals surface area contributed by atoms with Crippen LogP contribution in [0.25, 0.3) is 0 Å². The first kappa shape index (κ1) is 13.7. The fourth-order valence-corrected chi connectivity index (χ4v) is 2.49. The van der Waals surface area contributed by atoms with Crippen molar-refractivity contribution in [1.29, 1.82) is 0 Å². The number of benzene rings is 2. The molecule has 6 heteroatoms. The van der Waals surface area contributed by atoms with Crippen LogP contribution in [-0.4, -0.2) is 11.5 Å². The number of nitro groups is 1. The highest BCUT2D eigenvalue weighted by Gasteiger charge is 2.13. The molecule has 2 aromatic carbocycles. The lowest BCUT2D eigenvalue weighted by molar-refractivity contribution is -0.384. The summed E-state index contributed by atoms with van der Waals surface area (Å²) in [5, 5.41) is 14.4. The van der Waals surface area contributed by atoms with Gasteiger partial charge in [0, 0.05) is 25.1 Å². The lowest BCUT2D eigenvalue weighted by Gasteiger charge is -2.09. The molecule has 0 aromatic heterocycles. The second kappa shape index (κ2) is 5.61. The number of non-ortho nitro benzene ring substituents is 1. The lowest BCUT2D eigenvalue weighted by atomic mass is 10.1. The minimum atomic E-state index is -0.436. The summed E-state index contributed by atoms with van der Waals surface area (Å²) in [7, 11) is 0. The van der Waals surface area contributed by atoms with E-state index in [2.05, 4.69) is 11.4 Å². The van der Waals surface area contributed by atoms with Crippen LogP contribution in [0.4, 0.5) is 11.4 Å². The quantitative estimate of drug-likeness (QED) is 0.689. The van der Waals surface area contributed by atoms with Gasteiger partial charge in [0.25, 0.3) is 5.69 Å². The van der Waals surface area contributed by atoms with Crippen LogP contribution in [0.5, 0.6) is 5.75 Å². The van der Waals surface area contributed by atoms with Gasteiger partial charge in [0.05, 0.1) is 22.2 Å². The Bertz CT molecular complexity index is 703. The Hall–Kier alpha value is -2.27. The van der Waals surface area contributed by atoms with Gasteiger partial charge >= 0.3 is 0 Å². The second-order valence-electron chi connectivity index (χ2n) is 4.82. The summed E-state index contributed by atoms with van der Waals surface area (Å²) >= 11 is 6.06. The molecule has 0 atom stereocenters. The Kier molecular flexibility index (Phi) is 3.66. The first-order chi connectivity index (χ1) is 10.1. The van der Waals surface area contributed by atoms with Crippen LogP contribution >= 0.6 is 11.6 Å². The average Bonchev–Trinajstić information content (AvgIpc) is 2.93. The van der Waals surface area contributed by atoms with Crippen molar-refractivity contribution < 1.29 is 9.66 Å². The van der Waals surface area contributed by atoms with Gasteiger partial charge in [-0.1, -0.05) is 23.7 Å². The molecule has 1 aliphatic rings. The Morgan fingerprint density at radius 2 is 2.14 bits per heavy atom. The summed E-state index contributed by atoms with van der Waals surface area (Å²) in [5.74, 6) is 0.937. The number of nitrogens with zero attached hydrogens (tertiary/aromatic N) is 1. The molecular weight excluding hydrogens is 292 g/mol. The number of hydrogen-bond acceptors (Lipinski definition) is 4. The minimum absolute atomic E-state index is 0.0178. The van der Waals surface area contributed by atoms with Gasteiger partial charge in [-0.3, -0.25) is 10.1 Å². The van der Waals surface area contributed by atoms with E-state index in [-0.39, 0.29) is 5.69 Å². The van der Waals surface area contributed by atoms with Crippen LogP contribution in [0.15, 0.2) is 36.4 Å². The smallest absolute Gasteiger partial charge is 0.271 e.